The summed E-state index contributed by atoms with van der Waals surface area (Å²) in [6, 6.07) is 12.0. The number of benzene rings is 2. The summed E-state index contributed by atoms with van der Waals surface area (Å²) in [5, 5.41) is 9.17. The number of aryl methyl sites for hydroxylation is 3. The highest BCUT2D eigenvalue weighted by atomic mass is 16.2. The Morgan fingerprint density at radius 2 is 1.71 bits per heavy atom. The van der Waals surface area contributed by atoms with Crippen LogP contribution in [0.1, 0.15) is 58.4 Å². The smallest absolute Gasteiger partial charge is 0.251 e. The highest BCUT2D eigenvalue weighted by Crippen LogP contribution is 2.21. The summed E-state index contributed by atoms with van der Waals surface area (Å²) in [6.45, 7) is 8.25. The third-order valence-electron chi connectivity index (χ3n) is 5.26. The summed E-state index contributed by atoms with van der Waals surface area (Å²) in [4.78, 5) is 24.6. The Morgan fingerprint density at radius 1 is 1.00 bits per heavy atom. The molecule has 1 saturated carbocycles. The van der Waals surface area contributed by atoms with Gasteiger partial charge in [-0.25, -0.2) is 0 Å². The van der Waals surface area contributed by atoms with Crippen LogP contribution in [0.2, 0.25) is 0 Å². The van der Waals surface area contributed by atoms with Gasteiger partial charge in [0.15, 0.2) is 0 Å². The van der Waals surface area contributed by atoms with E-state index in [4.69, 9.17) is 0 Å². The van der Waals surface area contributed by atoms with E-state index in [1.54, 1.807) is 0 Å². The van der Waals surface area contributed by atoms with Crippen molar-refractivity contribution in [1.82, 2.24) is 10.6 Å². The second kappa shape index (κ2) is 8.46. The molecule has 3 N–H and O–H groups in total. The van der Waals surface area contributed by atoms with Gasteiger partial charge in [-0.05, 0) is 74.9 Å². The van der Waals surface area contributed by atoms with Gasteiger partial charge in [-0.2, -0.15) is 0 Å². The molecule has 0 spiro atoms. The van der Waals surface area contributed by atoms with Crippen molar-refractivity contribution in [3.05, 3.63) is 64.2 Å². The summed E-state index contributed by atoms with van der Waals surface area (Å²) in [5.74, 6) is -0.142. The first-order valence-corrected chi connectivity index (χ1v) is 9.85. The Morgan fingerprint density at radius 3 is 2.39 bits per heavy atom. The van der Waals surface area contributed by atoms with Crippen LogP contribution in [0.3, 0.4) is 0 Å². The predicted molar refractivity (Wildman–Crippen MR) is 113 cm³/mol. The van der Waals surface area contributed by atoms with E-state index >= 15 is 0 Å². The molecule has 5 nitrogen and oxygen atoms in total. The van der Waals surface area contributed by atoms with Gasteiger partial charge >= 0.3 is 0 Å². The van der Waals surface area contributed by atoms with Crippen LogP contribution in [0.15, 0.2) is 36.4 Å². The molecule has 5 heteroatoms. The van der Waals surface area contributed by atoms with Crippen molar-refractivity contribution in [1.29, 1.82) is 0 Å². The summed E-state index contributed by atoms with van der Waals surface area (Å²) < 4.78 is 0. The topological polar surface area (TPSA) is 70.2 Å². The molecule has 1 unspecified atom stereocenters. The molecule has 148 valence electrons. The molecule has 2 amide bonds. The second-order valence-corrected chi connectivity index (χ2v) is 7.76. The first kappa shape index (κ1) is 19.9. The molecule has 1 fully saturated rings. The number of carbonyl (C=O) groups is 2. The minimum Gasteiger partial charge on any atom is -0.376 e. The summed E-state index contributed by atoms with van der Waals surface area (Å²) in [6.07, 6.45) is 2.11. The highest BCUT2D eigenvalue weighted by Gasteiger charge is 2.24. The maximum absolute atomic E-state index is 12.4. The van der Waals surface area contributed by atoms with E-state index in [-0.39, 0.29) is 24.4 Å². The molecule has 2 aromatic carbocycles. The van der Waals surface area contributed by atoms with Crippen LogP contribution in [-0.2, 0) is 4.79 Å². The zero-order valence-electron chi connectivity index (χ0n) is 17.1. The molecule has 28 heavy (non-hydrogen) atoms. The number of hydrogen-bond acceptors (Lipinski definition) is 3. The van der Waals surface area contributed by atoms with Crippen LogP contribution in [0.25, 0.3) is 0 Å². The third kappa shape index (κ3) is 5.12. The normalized spacial score (nSPS) is 14.3. The molecule has 1 aliphatic rings. The Labute approximate surface area is 166 Å². The number of hydrogen-bond donors (Lipinski definition) is 3. The number of anilines is 1. The Hall–Kier alpha value is -2.82. The van der Waals surface area contributed by atoms with Crippen molar-refractivity contribution >= 4 is 17.5 Å². The van der Waals surface area contributed by atoms with Gasteiger partial charge in [0.2, 0.25) is 5.91 Å². The molecule has 1 atom stereocenters. The summed E-state index contributed by atoms with van der Waals surface area (Å²) >= 11 is 0. The lowest BCUT2D eigenvalue weighted by Gasteiger charge is -2.17. The van der Waals surface area contributed by atoms with Gasteiger partial charge in [0.25, 0.3) is 5.91 Å². The molecule has 0 aromatic heterocycles. The van der Waals surface area contributed by atoms with Crippen LogP contribution in [-0.4, -0.2) is 24.4 Å². The summed E-state index contributed by atoms with van der Waals surface area (Å²) in [5.41, 5.74) is 5.96. The van der Waals surface area contributed by atoms with Crippen LogP contribution < -0.4 is 16.0 Å². The molecule has 1 aliphatic carbocycles. The maximum Gasteiger partial charge on any atom is 0.251 e. The van der Waals surface area contributed by atoms with E-state index in [2.05, 4.69) is 41.9 Å². The van der Waals surface area contributed by atoms with Gasteiger partial charge in [0, 0.05) is 17.3 Å². The molecule has 0 radical (unpaired) electrons. The fourth-order valence-corrected chi connectivity index (χ4v) is 3.04. The standard InChI is InChI=1S/C23H29N3O2/c1-14-5-7-18(11-16(14)3)17(4)25-22(27)13-24-21-12-19(8-6-15(21)2)23(28)26-20-9-10-20/h5-8,11-12,17,20,24H,9-10,13H2,1-4H3,(H,25,27)(H,26,28). The highest BCUT2D eigenvalue weighted by molar-refractivity contribution is 5.96. The lowest BCUT2D eigenvalue weighted by Crippen LogP contribution is -2.32. The first-order chi connectivity index (χ1) is 13.3. The van der Waals surface area contributed by atoms with Gasteiger partial charge in [-0.3, -0.25) is 9.59 Å². The first-order valence-electron chi connectivity index (χ1n) is 9.85. The average Bonchev–Trinajstić information content (AvgIpc) is 3.47. The van der Waals surface area contributed by atoms with E-state index in [0.717, 1.165) is 29.7 Å². The van der Waals surface area contributed by atoms with Crippen LogP contribution in [0, 0.1) is 20.8 Å². The van der Waals surface area contributed by atoms with Gasteiger partial charge in [-0.1, -0.05) is 24.3 Å². The van der Waals surface area contributed by atoms with Crippen molar-refractivity contribution < 1.29 is 9.59 Å². The maximum atomic E-state index is 12.4. The van der Waals surface area contributed by atoms with E-state index < -0.39 is 0 Å². The zero-order chi connectivity index (χ0) is 20.3. The van der Waals surface area contributed by atoms with Crippen LogP contribution >= 0.6 is 0 Å². The zero-order valence-corrected chi connectivity index (χ0v) is 17.1. The van der Waals surface area contributed by atoms with Crippen molar-refractivity contribution in [2.24, 2.45) is 0 Å². The molecule has 0 saturated heterocycles. The molecule has 0 aliphatic heterocycles. The van der Waals surface area contributed by atoms with E-state index in [9.17, 15) is 9.59 Å². The minimum atomic E-state index is -0.0852. The van der Waals surface area contributed by atoms with Crippen molar-refractivity contribution in [2.75, 3.05) is 11.9 Å². The lowest BCUT2D eigenvalue weighted by molar-refractivity contribution is -0.120. The van der Waals surface area contributed by atoms with E-state index in [1.165, 1.54) is 11.1 Å². The van der Waals surface area contributed by atoms with Crippen molar-refractivity contribution in [3.8, 4) is 0 Å². The number of rotatable bonds is 7. The van der Waals surface area contributed by atoms with Crippen LogP contribution in [0.5, 0.6) is 0 Å². The summed E-state index contributed by atoms with van der Waals surface area (Å²) in [7, 11) is 0. The molecule has 0 bridgehead atoms. The Bertz CT molecular complexity index is 887. The van der Waals surface area contributed by atoms with Crippen LogP contribution in [0.4, 0.5) is 5.69 Å². The molecular weight excluding hydrogens is 350 g/mol. The number of amides is 2. The molecule has 2 aromatic rings. The van der Waals surface area contributed by atoms with Gasteiger partial charge in [0.05, 0.1) is 12.6 Å². The SMILES string of the molecule is Cc1ccc(C(C)NC(=O)CNc2cc(C(=O)NC3CC3)ccc2C)cc1C. The van der Waals surface area contributed by atoms with E-state index in [1.807, 2.05) is 38.1 Å². The quantitative estimate of drug-likeness (QED) is 0.685. The van der Waals surface area contributed by atoms with Gasteiger partial charge in [0.1, 0.15) is 0 Å². The fraction of sp³-hybridized carbons (Fsp3) is 0.391. The average molecular weight is 380 g/mol. The van der Waals surface area contributed by atoms with Gasteiger partial charge in [-0.15, -0.1) is 0 Å². The number of carbonyl (C=O) groups excluding carboxylic acids is 2. The van der Waals surface area contributed by atoms with Gasteiger partial charge < -0.3 is 16.0 Å². The molecule has 3 rings (SSSR count). The second-order valence-electron chi connectivity index (χ2n) is 7.76. The Balaban J connectivity index is 1.57. The van der Waals surface area contributed by atoms with Crippen molar-refractivity contribution in [2.45, 2.75) is 52.6 Å². The monoisotopic (exact) mass is 379 g/mol. The molecular formula is C23H29N3O2. The largest absolute Gasteiger partial charge is 0.376 e. The minimum absolute atomic E-state index is 0.0571. The molecule has 0 heterocycles. The fourth-order valence-electron chi connectivity index (χ4n) is 3.04. The van der Waals surface area contributed by atoms with E-state index in [0.29, 0.717) is 11.6 Å². The third-order valence-corrected chi connectivity index (χ3v) is 5.26. The Kier molecular flexibility index (Phi) is 6.02. The number of nitrogens with one attached hydrogen (secondary N) is 3. The predicted octanol–water partition coefficient (Wildman–Crippen LogP) is 3.79. The lowest BCUT2D eigenvalue weighted by atomic mass is 10.0. The van der Waals surface area contributed by atoms with Crippen molar-refractivity contribution in [3.63, 3.8) is 0 Å².